The van der Waals surface area contributed by atoms with Crippen LogP contribution in [0.3, 0.4) is 0 Å². The maximum atomic E-state index is 12.7. The summed E-state index contributed by atoms with van der Waals surface area (Å²) < 4.78 is 5.55. The van der Waals surface area contributed by atoms with Gasteiger partial charge in [0, 0.05) is 10.4 Å². The molecule has 7 heteroatoms. The first-order chi connectivity index (χ1) is 14.8. The number of nitrogens with one attached hydrogen (secondary N) is 1. The van der Waals surface area contributed by atoms with E-state index in [1.54, 1.807) is 16.7 Å². The fraction of sp³-hybridized carbons (Fsp3) is 0.250. The molecular weight excluding hydrogens is 432 g/mol. The van der Waals surface area contributed by atoms with E-state index in [4.69, 9.17) is 16.3 Å². The summed E-state index contributed by atoms with van der Waals surface area (Å²) in [4.78, 5) is 27.0. The summed E-state index contributed by atoms with van der Waals surface area (Å²) in [7, 11) is 0. The van der Waals surface area contributed by atoms with Crippen LogP contribution in [0.2, 0.25) is 5.02 Å². The maximum absolute atomic E-state index is 12.7. The molecule has 160 valence electrons. The summed E-state index contributed by atoms with van der Waals surface area (Å²) in [6, 6.07) is 21.0. The number of ether oxygens (including phenoxy) is 1. The third kappa shape index (κ3) is 4.65. The Morgan fingerprint density at radius 1 is 1.13 bits per heavy atom. The second-order valence-corrected chi connectivity index (χ2v) is 9.52. The van der Waals surface area contributed by atoms with E-state index in [-0.39, 0.29) is 17.9 Å². The highest BCUT2D eigenvalue weighted by Gasteiger charge is 2.42. The molecule has 0 aromatic heterocycles. The molecule has 4 rings (SSSR count). The Kier molecular flexibility index (Phi) is 6.12. The van der Waals surface area contributed by atoms with E-state index in [1.165, 1.54) is 0 Å². The van der Waals surface area contributed by atoms with E-state index in [2.05, 4.69) is 5.32 Å². The van der Waals surface area contributed by atoms with Crippen molar-refractivity contribution in [1.82, 2.24) is 4.90 Å². The number of nitrogens with zero attached hydrogens (tertiary/aromatic N) is 1. The molecule has 1 aliphatic rings. The van der Waals surface area contributed by atoms with Crippen LogP contribution in [0.25, 0.3) is 10.8 Å². The van der Waals surface area contributed by atoms with Gasteiger partial charge in [-0.25, -0.2) is 4.79 Å². The Morgan fingerprint density at radius 2 is 1.84 bits per heavy atom. The number of thioether (sulfide) groups is 1. The summed E-state index contributed by atoms with van der Waals surface area (Å²) in [5, 5.41) is 5.30. The molecule has 5 nitrogen and oxygen atoms in total. The highest BCUT2D eigenvalue weighted by atomic mass is 35.5. The summed E-state index contributed by atoms with van der Waals surface area (Å²) >= 11 is 7.57. The van der Waals surface area contributed by atoms with E-state index < -0.39 is 11.6 Å². The lowest BCUT2D eigenvalue weighted by molar-refractivity contribution is -0.134. The van der Waals surface area contributed by atoms with Crippen molar-refractivity contribution < 1.29 is 14.3 Å². The first kappa shape index (κ1) is 21.5. The first-order valence-electron chi connectivity index (χ1n) is 9.96. The zero-order valence-electron chi connectivity index (χ0n) is 17.3. The predicted molar refractivity (Wildman–Crippen MR) is 126 cm³/mol. The Hall–Kier alpha value is -2.70. The molecule has 0 radical (unpaired) electrons. The second-order valence-electron chi connectivity index (χ2n) is 8.02. The molecule has 1 aliphatic heterocycles. The van der Waals surface area contributed by atoms with Crippen LogP contribution in [-0.2, 0) is 9.53 Å². The zero-order valence-corrected chi connectivity index (χ0v) is 18.9. The molecular formula is C24H23ClN2O3S. The van der Waals surface area contributed by atoms with E-state index in [1.807, 2.05) is 80.6 Å². The Labute approximate surface area is 190 Å². The molecule has 1 heterocycles. The third-order valence-corrected chi connectivity index (χ3v) is 6.72. The van der Waals surface area contributed by atoms with Gasteiger partial charge in [0.15, 0.2) is 0 Å². The minimum Gasteiger partial charge on any atom is -0.447 e. The molecule has 0 aliphatic carbocycles. The Morgan fingerprint density at radius 3 is 2.61 bits per heavy atom. The van der Waals surface area contributed by atoms with Gasteiger partial charge < -0.3 is 9.64 Å². The second kappa shape index (κ2) is 8.81. The number of carbonyl (C=O) groups is 2. The highest BCUT2D eigenvalue weighted by Crippen LogP contribution is 2.43. The monoisotopic (exact) mass is 454 g/mol. The standard InChI is InChI=1S/C24H23ClN2O3S/c1-24(2,27-21(28)14-31-22(27)17-10-12-18(25)13-11-17)15-30-23(29)26-20-9-5-7-16-6-3-4-8-19(16)20/h3-13,22H,14-15H2,1-2H3,(H,26,29)/t22-/m0/s1. The van der Waals surface area contributed by atoms with Crippen LogP contribution >= 0.6 is 23.4 Å². The number of fused-ring (bicyclic) bond motifs is 1. The number of rotatable bonds is 5. The van der Waals surface area contributed by atoms with E-state index in [0.29, 0.717) is 16.5 Å². The van der Waals surface area contributed by atoms with Gasteiger partial charge in [-0.3, -0.25) is 10.1 Å². The van der Waals surface area contributed by atoms with Crippen LogP contribution < -0.4 is 5.32 Å². The molecule has 3 aromatic rings. The van der Waals surface area contributed by atoms with Crippen molar-refractivity contribution in [3.8, 4) is 0 Å². The van der Waals surface area contributed by atoms with Gasteiger partial charge in [0.25, 0.3) is 0 Å². The van der Waals surface area contributed by atoms with Crippen molar-refractivity contribution in [1.29, 1.82) is 0 Å². The molecule has 0 unspecified atom stereocenters. The predicted octanol–water partition coefficient (Wildman–Crippen LogP) is 6.09. The number of halogens is 1. The van der Waals surface area contributed by atoms with Gasteiger partial charge >= 0.3 is 6.09 Å². The summed E-state index contributed by atoms with van der Waals surface area (Å²) in [6.07, 6.45) is -0.549. The topological polar surface area (TPSA) is 58.6 Å². The van der Waals surface area contributed by atoms with Gasteiger partial charge in [-0.1, -0.05) is 60.1 Å². The third-order valence-electron chi connectivity index (χ3n) is 5.26. The lowest BCUT2D eigenvalue weighted by Gasteiger charge is -2.38. The van der Waals surface area contributed by atoms with Gasteiger partial charge in [0.1, 0.15) is 12.0 Å². The normalized spacial score (nSPS) is 16.5. The zero-order chi connectivity index (χ0) is 22.0. The van der Waals surface area contributed by atoms with Crippen LogP contribution in [0.4, 0.5) is 10.5 Å². The number of hydrogen-bond donors (Lipinski definition) is 1. The molecule has 0 spiro atoms. The molecule has 1 saturated heterocycles. The van der Waals surface area contributed by atoms with Crippen molar-refractivity contribution in [2.24, 2.45) is 0 Å². The van der Waals surface area contributed by atoms with Crippen LogP contribution in [0.5, 0.6) is 0 Å². The fourth-order valence-electron chi connectivity index (χ4n) is 3.74. The molecule has 2 amide bonds. The number of carbonyl (C=O) groups excluding carboxylic acids is 2. The molecule has 0 bridgehead atoms. The van der Waals surface area contributed by atoms with Crippen molar-refractivity contribution in [3.05, 3.63) is 77.3 Å². The number of benzene rings is 3. The number of amides is 2. The average Bonchev–Trinajstić information content (AvgIpc) is 3.15. The van der Waals surface area contributed by atoms with Gasteiger partial charge in [-0.2, -0.15) is 0 Å². The van der Waals surface area contributed by atoms with Gasteiger partial charge in [-0.05, 0) is 43.0 Å². The fourth-order valence-corrected chi connectivity index (χ4v) is 5.21. The minimum absolute atomic E-state index is 0.0213. The number of anilines is 1. The van der Waals surface area contributed by atoms with Crippen molar-refractivity contribution in [3.63, 3.8) is 0 Å². The Bertz CT molecular complexity index is 1110. The summed E-state index contributed by atoms with van der Waals surface area (Å²) in [6.45, 7) is 3.88. The molecule has 3 aromatic carbocycles. The largest absolute Gasteiger partial charge is 0.447 e. The Balaban J connectivity index is 1.45. The first-order valence-corrected chi connectivity index (χ1v) is 11.4. The average molecular weight is 455 g/mol. The molecule has 1 N–H and O–H groups in total. The van der Waals surface area contributed by atoms with Crippen LogP contribution in [0.1, 0.15) is 24.8 Å². The van der Waals surface area contributed by atoms with Crippen molar-refractivity contribution in [2.45, 2.75) is 24.8 Å². The van der Waals surface area contributed by atoms with E-state index in [9.17, 15) is 9.59 Å². The van der Waals surface area contributed by atoms with Crippen LogP contribution in [-0.4, -0.2) is 34.8 Å². The maximum Gasteiger partial charge on any atom is 0.411 e. The summed E-state index contributed by atoms with van der Waals surface area (Å²) in [5.74, 6) is 0.409. The summed E-state index contributed by atoms with van der Waals surface area (Å²) in [5.41, 5.74) is 1.00. The molecule has 0 saturated carbocycles. The molecule has 1 atom stereocenters. The minimum atomic E-state index is -0.680. The van der Waals surface area contributed by atoms with Crippen LogP contribution in [0.15, 0.2) is 66.7 Å². The van der Waals surface area contributed by atoms with E-state index in [0.717, 1.165) is 16.3 Å². The van der Waals surface area contributed by atoms with Gasteiger partial charge in [0.05, 0.1) is 17.0 Å². The lowest BCUT2D eigenvalue weighted by atomic mass is 10.0. The van der Waals surface area contributed by atoms with E-state index >= 15 is 0 Å². The molecule has 1 fully saturated rings. The quantitative estimate of drug-likeness (QED) is 0.506. The van der Waals surface area contributed by atoms with Gasteiger partial charge in [0.2, 0.25) is 5.91 Å². The van der Waals surface area contributed by atoms with Gasteiger partial charge in [-0.15, -0.1) is 11.8 Å². The SMILES string of the molecule is CC(C)(COC(=O)Nc1cccc2ccccc12)N1C(=O)CS[C@H]1c1ccc(Cl)cc1. The smallest absolute Gasteiger partial charge is 0.411 e. The lowest BCUT2D eigenvalue weighted by Crippen LogP contribution is -2.49. The molecule has 31 heavy (non-hydrogen) atoms. The van der Waals surface area contributed by atoms with Crippen LogP contribution in [0, 0.1) is 0 Å². The highest BCUT2D eigenvalue weighted by molar-refractivity contribution is 8.00. The van der Waals surface area contributed by atoms with Crippen molar-refractivity contribution in [2.75, 3.05) is 17.7 Å². The number of hydrogen-bond acceptors (Lipinski definition) is 4. The van der Waals surface area contributed by atoms with Crippen molar-refractivity contribution >= 4 is 51.8 Å².